The number of ether oxygens (including phenoxy) is 1. The van der Waals surface area contributed by atoms with Gasteiger partial charge >= 0.3 is 0 Å². The average Bonchev–Trinajstić information content (AvgIpc) is 2.37. The topological polar surface area (TPSA) is 21.3 Å². The summed E-state index contributed by atoms with van der Waals surface area (Å²) in [6, 6.07) is 6.74. The molecule has 0 radical (unpaired) electrons. The second kappa shape index (κ2) is 5.77. The van der Waals surface area contributed by atoms with Crippen LogP contribution in [0, 0.1) is 12.3 Å². The Hall–Kier alpha value is -1.02. The summed E-state index contributed by atoms with van der Waals surface area (Å²) in [6.45, 7) is 11.3. The number of methoxy groups -OCH3 is 1. The highest BCUT2D eigenvalue weighted by molar-refractivity contribution is 5.42. The van der Waals surface area contributed by atoms with E-state index in [1.165, 1.54) is 30.4 Å². The van der Waals surface area contributed by atoms with Crippen molar-refractivity contribution < 1.29 is 4.74 Å². The summed E-state index contributed by atoms with van der Waals surface area (Å²) in [6.07, 6.45) is 3.70. The molecule has 0 unspecified atom stereocenters. The maximum Gasteiger partial charge on any atom is 0.122 e. The maximum absolute atomic E-state index is 5.51. The van der Waals surface area contributed by atoms with E-state index in [0.717, 1.165) is 18.8 Å². The lowest BCUT2D eigenvalue weighted by molar-refractivity contribution is 0.0563. The molecule has 0 amide bonds. The Morgan fingerprint density at radius 1 is 1.25 bits per heavy atom. The Morgan fingerprint density at radius 3 is 2.50 bits per heavy atom. The summed E-state index contributed by atoms with van der Waals surface area (Å²) in [7, 11) is 1.76. The van der Waals surface area contributed by atoms with E-state index in [2.05, 4.69) is 51.2 Å². The fourth-order valence-corrected chi connectivity index (χ4v) is 3.87. The van der Waals surface area contributed by atoms with Crippen LogP contribution < -0.4 is 10.1 Å². The van der Waals surface area contributed by atoms with Crippen molar-refractivity contribution in [1.82, 2.24) is 5.32 Å². The summed E-state index contributed by atoms with van der Waals surface area (Å²) in [5.74, 6) is 1.02. The molecule has 1 N–H and O–H groups in total. The van der Waals surface area contributed by atoms with Crippen LogP contribution in [0.15, 0.2) is 18.2 Å². The fourth-order valence-electron chi connectivity index (χ4n) is 3.87. The molecule has 2 rings (SSSR count). The molecule has 20 heavy (non-hydrogen) atoms. The summed E-state index contributed by atoms with van der Waals surface area (Å²) in [4.78, 5) is 0. The minimum absolute atomic E-state index is 0.291. The first-order valence-corrected chi connectivity index (χ1v) is 7.78. The molecule has 1 aromatic carbocycles. The normalized spacial score (nSPS) is 19.4. The number of nitrogens with one attached hydrogen (secondary N) is 1. The molecule has 2 nitrogen and oxygen atoms in total. The Labute approximate surface area is 123 Å². The molecule has 0 spiro atoms. The molecule has 1 aliphatic carbocycles. The van der Waals surface area contributed by atoms with E-state index in [0.29, 0.717) is 10.8 Å². The minimum Gasteiger partial charge on any atom is -0.496 e. The van der Waals surface area contributed by atoms with E-state index >= 15 is 0 Å². The molecule has 1 fully saturated rings. The predicted octanol–water partition coefficient (Wildman–Crippen LogP) is 4.06. The zero-order chi connectivity index (χ0) is 14.8. The zero-order valence-corrected chi connectivity index (χ0v) is 13.7. The van der Waals surface area contributed by atoms with Gasteiger partial charge in [-0.3, -0.25) is 0 Å². The Morgan fingerprint density at radius 2 is 1.95 bits per heavy atom. The maximum atomic E-state index is 5.51. The van der Waals surface area contributed by atoms with Crippen LogP contribution in [0.5, 0.6) is 5.75 Å². The van der Waals surface area contributed by atoms with Gasteiger partial charge < -0.3 is 10.1 Å². The van der Waals surface area contributed by atoms with Crippen molar-refractivity contribution in [3.05, 3.63) is 29.3 Å². The van der Waals surface area contributed by atoms with E-state index in [-0.39, 0.29) is 0 Å². The Balaban J connectivity index is 2.23. The van der Waals surface area contributed by atoms with Crippen molar-refractivity contribution in [2.75, 3.05) is 20.2 Å². The second-order valence-corrected chi connectivity index (χ2v) is 7.16. The molecule has 0 heterocycles. The number of aryl methyl sites for hydroxylation is 1. The lowest BCUT2D eigenvalue weighted by Gasteiger charge is -2.54. The molecule has 112 valence electrons. The smallest absolute Gasteiger partial charge is 0.122 e. The van der Waals surface area contributed by atoms with Gasteiger partial charge in [0.15, 0.2) is 0 Å². The van der Waals surface area contributed by atoms with Gasteiger partial charge in [-0.1, -0.05) is 32.9 Å². The van der Waals surface area contributed by atoms with Crippen LogP contribution in [0.2, 0.25) is 0 Å². The number of rotatable bonds is 6. The fraction of sp³-hybridized carbons (Fsp3) is 0.667. The van der Waals surface area contributed by atoms with Gasteiger partial charge in [-0.2, -0.15) is 0 Å². The van der Waals surface area contributed by atoms with Gasteiger partial charge in [0.2, 0.25) is 0 Å². The van der Waals surface area contributed by atoms with E-state index < -0.39 is 0 Å². The third kappa shape index (κ3) is 3.01. The molecule has 1 aromatic rings. The molecular formula is C18H29NO. The van der Waals surface area contributed by atoms with Crippen LogP contribution in [0.3, 0.4) is 0 Å². The van der Waals surface area contributed by atoms with Gasteiger partial charge in [-0.15, -0.1) is 0 Å². The summed E-state index contributed by atoms with van der Waals surface area (Å²) in [5, 5.41) is 3.63. The van der Waals surface area contributed by atoms with Crippen molar-refractivity contribution >= 4 is 0 Å². The molecule has 1 aliphatic rings. The molecule has 0 aromatic heterocycles. The molecule has 2 heteroatoms. The zero-order valence-electron chi connectivity index (χ0n) is 13.7. The van der Waals surface area contributed by atoms with Gasteiger partial charge in [0.1, 0.15) is 5.75 Å². The van der Waals surface area contributed by atoms with E-state index in [1.807, 2.05) is 0 Å². The largest absolute Gasteiger partial charge is 0.496 e. The van der Waals surface area contributed by atoms with Crippen molar-refractivity contribution in [3.8, 4) is 5.75 Å². The van der Waals surface area contributed by atoms with E-state index in [1.54, 1.807) is 7.11 Å². The first-order valence-electron chi connectivity index (χ1n) is 7.78. The molecule has 1 saturated carbocycles. The second-order valence-electron chi connectivity index (χ2n) is 7.16. The van der Waals surface area contributed by atoms with Crippen molar-refractivity contribution in [1.29, 1.82) is 0 Å². The number of hydrogen-bond donors (Lipinski definition) is 1. The predicted molar refractivity (Wildman–Crippen MR) is 85.6 cm³/mol. The van der Waals surface area contributed by atoms with Gasteiger partial charge in [0, 0.05) is 12.0 Å². The first kappa shape index (κ1) is 15.4. The van der Waals surface area contributed by atoms with Gasteiger partial charge in [-0.25, -0.2) is 0 Å². The molecular weight excluding hydrogens is 246 g/mol. The molecule has 0 aliphatic heterocycles. The van der Waals surface area contributed by atoms with Gasteiger partial charge in [-0.05, 0) is 55.3 Å². The number of benzene rings is 1. The van der Waals surface area contributed by atoms with Crippen LogP contribution in [-0.4, -0.2) is 20.2 Å². The van der Waals surface area contributed by atoms with Crippen molar-refractivity contribution in [2.45, 2.75) is 52.4 Å². The third-order valence-electron chi connectivity index (χ3n) is 4.54. The lowest BCUT2D eigenvalue weighted by atomic mass is 9.52. The van der Waals surface area contributed by atoms with Crippen LogP contribution in [0.25, 0.3) is 0 Å². The monoisotopic (exact) mass is 275 g/mol. The van der Waals surface area contributed by atoms with Crippen LogP contribution in [0.1, 0.15) is 51.2 Å². The lowest BCUT2D eigenvalue weighted by Crippen LogP contribution is -2.52. The summed E-state index contributed by atoms with van der Waals surface area (Å²) in [5.41, 5.74) is 3.40. The highest BCUT2D eigenvalue weighted by Crippen LogP contribution is 2.55. The highest BCUT2D eigenvalue weighted by Gasteiger charge is 2.49. The van der Waals surface area contributed by atoms with Crippen LogP contribution in [0.4, 0.5) is 0 Å². The SMILES string of the molecule is CCCNCC1(c2ccc(C)c(OC)c2)CC(C)(C)C1. The third-order valence-corrected chi connectivity index (χ3v) is 4.54. The van der Waals surface area contributed by atoms with Gasteiger partial charge in [0.05, 0.1) is 7.11 Å². The van der Waals surface area contributed by atoms with Gasteiger partial charge in [0.25, 0.3) is 0 Å². The number of hydrogen-bond acceptors (Lipinski definition) is 2. The van der Waals surface area contributed by atoms with Crippen molar-refractivity contribution in [3.63, 3.8) is 0 Å². The first-order chi connectivity index (χ1) is 9.42. The molecule has 0 saturated heterocycles. The highest BCUT2D eigenvalue weighted by atomic mass is 16.5. The van der Waals surface area contributed by atoms with Crippen LogP contribution in [-0.2, 0) is 5.41 Å². The summed E-state index contributed by atoms with van der Waals surface area (Å²) >= 11 is 0. The molecule has 0 bridgehead atoms. The quantitative estimate of drug-likeness (QED) is 0.790. The van der Waals surface area contributed by atoms with E-state index in [4.69, 9.17) is 4.74 Å². The van der Waals surface area contributed by atoms with Crippen molar-refractivity contribution in [2.24, 2.45) is 5.41 Å². The van der Waals surface area contributed by atoms with Crippen LogP contribution >= 0.6 is 0 Å². The minimum atomic E-state index is 0.291. The Kier molecular flexibility index (Phi) is 4.43. The summed E-state index contributed by atoms with van der Waals surface area (Å²) < 4.78 is 5.51. The average molecular weight is 275 g/mol. The molecule has 0 atom stereocenters. The van der Waals surface area contributed by atoms with E-state index in [9.17, 15) is 0 Å². The standard InChI is InChI=1S/C18H29NO/c1-6-9-19-13-18(11-17(3,4)12-18)15-8-7-14(2)16(10-15)20-5/h7-8,10,19H,6,9,11-13H2,1-5H3. The Bertz CT molecular complexity index is 456.